The van der Waals surface area contributed by atoms with Gasteiger partial charge in [-0.1, -0.05) is 12.1 Å². The molecule has 0 saturated carbocycles. The van der Waals surface area contributed by atoms with Gasteiger partial charge in [-0.25, -0.2) is 0 Å². The zero-order chi connectivity index (χ0) is 9.52. The molecule has 1 N–H and O–H groups in total. The molecule has 0 spiro atoms. The molecule has 0 aromatic carbocycles. The monoisotopic (exact) mass is 184 g/mol. The maximum atomic E-state index is 8.67. The highest BCUT2D eigenvalue weighted by Crippen LogP contribution is 2.03. The lowest BCUT2D eigenvalue weighted by molar-refractivity contribution is 0.208. The van der Waals surface area contributed by atoms with Crippen molar-refractivity contribution in [3.05, 3.63) is 18.0 Å². The van der Waals surface area contributed by atoms with Crippen LogP contribution in [0, 0.1) is 0 Å². The van der Waals surface area contributed by atoms with Crippen molar-refractivity contribution in [1.82, 2.24) is 10.1 Å². The van der Waals surface area contributed by atoms with Crippen LogP contribution in [0.25, 0.3) is 0 Å². The Kier molecular flexibility index (Phi) is 4.49. The summed E-state index contributed by atoms with van der Waals surface area (Å²) in [6, 6.07) is 1.86. The predicted octanol–water partition coefficient (Wildman–Crippen LogP) is 0.879. The van der Waals surface area contributed by atoms with Crippen molar-refractivity contribution in [2.75, 3.05) is 19.7 Å². The lowest BCUT2D eigenvalue weighted by atomic mass is 10.3. The van der Waals surface area contributed by atoms with Gasteiger partial charge >= 0.3 is 0 Å². The molecule has 0 aliphatic rings. The first-order chi connectivity index (χ1) is 6.36. The van der Waals surface area contributed by atoms with Crippen LogP contribution < -0.4 is 0 Å². The maximum absolute atomic E-state index is 8.67. The Morgan fingerprint density at radius 3 is 3.00 bits per heavy atom. The van der Waals surface area contributed by atoms with E-state index in [1.165, 1.54) is 0 Å². The van der Waals surface area contributed by atoms with E-state index in [0.717, 1.165) is 31.8 Å². The van der Waals surface area contributed by atoms with E-state index in [4.69, 9.17) is 9.63 Å². The van der Waals surface area contributed by atoms with Crippen molar-refractivity contribution in [2.45, 2.75) is 19.9 Å². The summed E-state index contributed by atoms with van der Waals surface area (Å²) in [5, 5.41) is 12.3. The molecule has 0 bridgehead atoms. The van der Waals surface area contributed by atoms with Gasteiger partial charge in [0.25, 0.3) is 0 Å². The minimum absolute atomic E-state index is 0.243. The Balaban J connectivity index is 2.31. The molecule has 0 radical (unpaired) electrons. The topological polar surface area (TPSA) is 49.5 Å². The lowest BCUT2D eigenvalue weighted by Crippen LogP contribution is -2.24. The summed E-state index contributed by atoms with van der Waals surface area (Å²) in [6.07, 6.45) is 2.46. The van der Waals surface area contributed by atoms with Gasteiger partial charge < -0.3 is 9.63 Å². The SMILES string of the molecule is CCN(CCCO)Cc1ccno1. The minimum atomic E-state index is 0.243. The van der Waals surface area contributed by atoms with Gasteiger partial charge in [-0.3, -0.25) is 4.90 Å². The first-order valence-corrected chi connectivity index (χ1v) is 4.59. The molecule has 4 nitrogen and oxygen atoms in total. The Morgan fingerprint density at radius 1 is 1.62 bits per heavy atom. The molecule has 0 atom stereocenters. The van der Waals surface area contributed by atoms with Crippen LogP contribution in [-0.4, -0.2) is 34.9 Å². The zero-order valence-electron chi connectivity index (χ0n) is 7.94. The molecule has 1 rings (SSSR count). The number of hydrogen-bond donors (Lipinski definition) is 1. The Labute approximate surface area is 78.1 Å². The van der Waals surface area contributed by atoms with E-state index in [0.29, 0.717) is 0 Å². The van der Waals surface area contributed by atoms with Crippen LogP contribution in [0.5, 0.6) is 0 Å². The minimum Gasteiger partial charge on any atom is -0.396 e. The maximum Gasteiger partial charge on any atom is 0.150 e. The molecule has 74 valence electrons. The van der Waals surface area contributed by atoms with Gasteiger partial charge in [0.1, 0.15) is 0 Å². The summed E-state index contributed by atoms with van der Waals surface area (Å²) in [7, 11) is 0. The van der Waals surface area contributed by atoms with E-state index in [1.54, 1.807) is 6.20 Å². The van der Waals surface area contributed by atoms with Crippen molar-refractivity contribution in [2.24, 2.45) is 0 Å². The largest absolute Gasteiger partial charge is 0.396 e. The number of rotatable bonds is 6. The van der Waals surface area contributed by atoms with Crippen LogP contribution in [0.4, 0.5) is 0 Å². The van der Waals surface area contributed by atoms with Crippen molar-refractivity contribution < 1.29 is 9.63 Å². The summed E-state index contributed by atoms with van der Waals surface area (Å²) in [5.41, 5.74) is 0. The molecule has 1 aromatic rings. The van der Waals surface area contributed by atoms with Gasteiger partial charge in [0.2, 0.25) is 0 Å². The fourth-order valence-electron chi connectivity index (χ4n) is 1.19. The van der Waals surface area contributed by atoms with Crippen LogP contribution in [0.3, 0.4) is 0 Å². The highest BCUT2D eigenvalue weighted by molar-refractivity contribution is 4.92. The third kappa shape index (κ3) is 3.57. The molecule has 0 aliphatic heterocycles. The molecular formula is C9H16N2O2. The fourth-order valence-corrected chi connectivity index (χ4v) is 1.19. The Hall–Kier alpha value is -0.870. The molecule has 0 unspecified atom stereocenters. The molecule has 0 amide bonds. The van der Waals surface area contributed by atoms with Crippen molar-refractivity contribution in [3.63, 3.8) is 0 Å². The second-order valence-electron chi connectivity index (χ2n) is 2.92. The van der Waals surface area contributed by atoms with Gasteiger partial charge in [-0.15, -0.1) is 0 Å². The average Bonchev–Trinajstić information content (AvgIpc) is 2.64. The summed E-state index contributed by atoms with van der Waals surface area (Å²) in [4.78, 5) is 2.21. The van der Waals surface area contributed by atoms with E-state index >= 15 is 0 Å². The first-order valence-electron chi connectivity index (χ1n) is 4.59. The molecule has 13 heavy (non-hydrogen) atoms. The van der Waals surface area contributed by atoms with E-state index in [9.17, 15) is 0 Å². The summed E-state index contributed by atoms with van der Waals surface area (Å²) < 4.78 is 4.99. The second-order valence-corrected chi connectivity index (χ2v) is 2.92. The number of hydrogen-bond acceptors (Lipinski definition) is 4. The van der Waals surface area contributed by atoms with Crippen molar-refractivity contribution >= 4 is 0 Å². The molecule has 0 saturated heterocycles. The van der Waals surface area contributed by atoms with Gasteiger partial charge in [-0.2, -0.15) is 0 Å². The molecule has 0 aliphatic carbocycles. The third-order valence-corrected chi connectivity index (χ3v) is 1.95. The van der Waals surface area contributed by atoms with Crippen LogP contribution in [-0.2, 0) is 6.54 Å². The van der Waals surface area contributed by atoms with Crippen LogP contribution in [0.2, 0.25) is 0 Å². The standard InChI is InChI=1S/C9H16N2O2/c1-2-11(6-3-7-12)8-9-4-5-10-13-9/h4-5,12H,2-3,6-8H2,1H3. The Morgan fingerprint density at radius 2 is 2.46 bits per heavy atom. The lowest BCUT2D eigenvalue weighted by Gasteiger charge is -2.17. The molecule has 0 fully saturated rings. The summed E-state index contributed by atoms with van der Waals surface area (Å²) in [6.45, 7) is 4.96. The third-order valence-electron chi connectivity index (χ3n) is 1.95. The smallest absolute Gasteiger partial charge is 0.150 e. The average molecular weight is 184 g/mol. The highest BCUT2D eigenvalue weighted by Gasteiger charge is 2.05. The van der Waals surface area contributed by atoms with E-state index < -0.39 is 0 Å². The van der Waals surface area contributed by atoms with Gasteiger partial charge in [0.05, 0.1) is 12.7 Å². The quantitative estimate of drug-likeness (QED) is 0.713. The van der Waals surface area contributed by atoms with Crippen LogP contribution in [0.1, 0.15) is 19.1 Å². The molecule has 1 heterocycles. The number of aromatic nitrogens is 1. The predicted molar refractivity (Wildman–Crippen MR) is 49.2 cm³/mol. The van der Waals surface area contributed by atoms with Crippen molar-refractivity contribution in [1.29, 1.82) is 0 Å². The molecular weight excluding hydrogens is 168 g/mol. The summed E-state index contributed by atoms with van der Waals surface area (Å²) >= 11 is 0. The Bertz CT molecular complexity index is 211. The summed E-state index contributed by atoms with van der Waals surface area (Å²) in [5.74, 6) is 0.875. The molecule has 1 aromatic heterocycles. The number of nitrogens with zero attached hydrogens (tertiary/aromatic N) is 2. The van der Waals surface area contributed by atoms with Crippen LogP contribution in [0.15, 0.2) is 16.8 Å². The number of aliphatic hydroxyl groups excluding tert-OH is 1. The van der Waals surface area contributed by atoms with E-state index in [1.807, 2.05) is 6.07 Å². The fraction of sp³-hybridized carbons (Fsp3) is 0.667. The normalized spacial score (nSPS) is 11.0. The van der Waals surface area contributed by atoms with Crippen molar-refractivity contribution in [3.8, 4) is 0 Å². The van der Waals surface area contributed by atoms with E-state index in [2.05, 4.69) is 17.0 Å². The second kappa shape index (κ2) is 5.72. The molecule has 4 heteroatoms. The van der Waals surface area contributed by atoms with Crippen LogP contribution >= 0.6 is 0 Å². The zero-order valence-corrected chi connectivity index (χ0v) is 7.94. The van der Waals surface area contributed by atoms with Gasteiger partial charge in [-0.05, 0) is 13.0 Å². The highest BCUT2D eigenvalue weighted by atomic mass is 16.5. The number of aliphatic hydroxyl groups is 1. The first kappa shape index (κ1) is 10.2. The van der Waals surface area contributed by atoms with Gasteiger partial charge in [0.15, 0.2) is 5.76 Å². The van der Waals surface area contributed by atoms with Gasteiger partial charge in [0, 0.05) is 19.2 Å². The van der Waals surface area contributed by atoms with E-state index in [-0.39, 0.29) is 6.61 Å².